The molecule has 3 rings (SSSR count). The fraction of sp³-hybridized carbons (Fsp3) is 0.0769. The van der Waals surface area contributed by atoms with E-state index in [4.69, 9.17) is 5.53 Å². The van der Waals surface area contributed by atoms with Crippen LogP contribution in [0.15, 0.2) is 35.6 Å². The number of anilines is 2. The second-order valence-electron chi connectivity index (χ2n) is 4.45. The Balaban J connectivity index is 2.01. The van der Waals surface area contributed by atoms with E-state index in [1.165, 1.54) is 10.8 Å². The lowest BCUT2D eigenvalue weighted by Gasteiger charge is -2.05. The summed E-state index contributed by atoms with van der Waals surface area (Å²) in [6.07, 6.45) is 1.49. The summed E-state index contributed by atoms with van der Waals surface area (Å²) in [5.74, 6) is 0.526. The van der Waals surface area contributed by atoms with E-state index in [0.717, 1.165) is 0 Å². The highest BCUT2D eigenvalue weighted by atomic mass is 16.3. The molecule has 0 spiro atoms. The zero-order chi connectivity index (χ0) is 15.0. The zero-order valence-corrected chi connectivity index (χ0v) is 11.1. The third kappa shape index (κ3) is 2.12. The van der Waals surface area contributed by atoms with Crippen molar-refractivity contribution in [2.45, 2.75) is 0 Å². The van der Waals surface area contributed by atoms with E-state index in [9.17, 15) is 10.2 Å². The molecule has 0 unspecified atom stereocenters. The highest BCUT2D eigenvalue weighted by Gasteiger charge is 2.13. The van der Waals surface area contributed by atoms with Gasteiger partial charge in [-0.25, -0.2) is 10.5 Å². The molecular weight excluding hydrogens is 272 g/mol. The van der Waals surface area contributed by atoms with E-state index in [2.05, 4.69) is 20.4 Å². The average molecular weight is 284 g/mol. The molecule has 0 radical (unpaired) electrons. The van der Waals surface area contributed by atoms with Crippen LogP contribution in [-0.4, -0.2) is 24.7 Å². The third-order valence-corrected chi connectivity index (χ3v) is 3.15. The molecule has 0 saturated heterocycles. The lowest BCUT2D eigenvalue weighted by Crippen LogP contribution is -1.93. The van der Waals surface area contributed by atoms with Crippen LogP contribution in [0.2, 0.25) is 0 Å². The molecule has 8 heteroatoms. The number of rotatable bonds is 3. The summed E-state index contributed by atoms with van der Waals surface area (Å²) >= 11 is 0. The summed E-state index contributed by atoms with van der Waals surface area (Å²) in [6, 6.07) is 6.79. The van der Waals surface area contributed by atoms with Crippen molar-refractivity contribution < 1.29 is 10.2 Å². The summed E-state index contributed by atoms with van der Waals surface area (Å²) in [5, 5.41) is 27.1. The Morgan fingerprint density at radius 2 is 1.95 bits per heavy atom. The standard InChI is InChI=1S/C13H12N6O2/c1-19-11(20)8-3-2-7(6-9(8)12(19)21)16-10-4-5-15-13(17-10)18-14/h2-6,14,20-21H,1H3,(H,15,16,17). The van der Waals surface area contributed by atoms with Gasteiger partial charge in [-0.2, -0.15) is 4.98 Å². The molecule has 2 heterocycles. The molecule has 0 aliphatic heterocycles. The van der Waals surface area contributed by atoms with Crippen molar-refractivity contribution in [1.29, 1.82) is 5.53 Å². The Labute approximate surface area is 119 Å². The minimum Gasteiger partial charge on any atom is -0.494 e. The van der Waals surface area contributed by atoms with Crippen LogP contribution in [0.5, 0.6) is 11.8 Å². The summed E-state index contributed by atoms with van der Waals surface area (Å²) < 4.78 is 1.30. The van der Waals surface area contributed by atoms with Gasteiger partial charge < -0.3 is 15.5 Å². The molecule has 0 amide bonds. The highest BCUT2D eigenvalue weighted by Crippen LogP contribution is 2.36. The maximum atomic E-state index is 9.96. The van der Waals surface area contributed by atoms with Crippen LogP contribution in [0, 0.1) is 5.53 Å². The Morgan fingerprint density at radius 1 is 1.19 bits per heavy atom. The predicted molar refractivity (Wildman–Crippen MR) is 76.4 cm³/mol. The van der Waals surface area contributed by atoms with Gasteiger partial charge in [-0.1, -0.05) is 0 Å². The largest absolute Gasteiger partial charge is 0.494 e. The monoisotopic (exact) mass is 284 g/mol. The summed E-state index contributed by atoms with van der Waals surface area (Å²) in [6.45, 7) is 0. The van der Waals surface area contributed by atoms with Crippen molar-refractivity contribution in [3.63, 3.8) is 0 Å². The summed E-state index contributed by atoms with van der Waals surface area (Å²) in [4.78, 5) is 7.82. The molecule has 3 aromatic rings. The molecular formula is C13H12N6O2. The van der Waals surface area contributed by atoms with Gasteiger partial charge in [-0.15, -0.1) is 5.11 Å². The Morgan fingerprint density at radius 3 is 2.71 bits per heavy atom. The number of aromatic nitrogens is 3. The van der Waals surface area contributed by atoms with Crippen molar-refractivity contribution in [2.75, 3.05) is 5.32 Å². The number of nitrogens with zero attached hydrogens (tertiary/aromatic N) is 4. The first-order chi connectivity index (χ1) is 10.1. The fourth-order valence-corrected chi connectivity index (χ4v) is 2.08. The maximum Gasteiger partial charge on any atom is 0.270 e. The smallest absolute Gasteiger partial charge is 0.270 e. The Kier molecular flexibility index (Phi) is 2.90. The van der Waals surface area contributed by atoms with Gasteiger partial charge in [0.2, 0.25) is 11.8 Å². The molecule has 0 fully saturated rings. The van der Waals surface area contributed by atoms with Gasteiger partial charge in [0, 0.05) is 29.7 Å². The number of hydrogen-bond donors (Lipinski definition) is 4. The molecule has 4 N–H and O–H groups in total. The first-order valence-corrected chi connectivity index (χ1v) is 6.08. The predicted octanol–water partition coefficient (Wildman–Crippen LogP) is 2.79. The van der Waals surface area contributed by atoms with E-state index in [1.54, 1.807) is 31.3 Å². The molecule has 106 valence electrons. The molecule has 21 heavy (non-hydrogen) atoms. The van der Waals surface area contributed by atoms with Gasteiger partial charge in [0.05, 0.1) is 0 Å². The first kappa shape index (κ1) is 12.9. The van der Waals surface area contributed by atoms with Gasteiger partial charge in [-0.3, -0.25) is 4.57 Å². The van der Waals surface area contributed by atoms with Crippen molar-refractivity contribution >= 4 is 28.2 Å². The maximum absolute atomic E-state index is 9.96. The minimum absolute atomic E-state index is 0.00591. The van der Waals surface area contributed by atoms with Gasteiger partial charge in [0.1, 0.15) is 5.82 Å². The van der Waals surface area contributed by atoms with E-state index in [-0.39, 0.29) is 17.7 Å². The molecule has 2 aromatic heterocycles. The van der Waals surface area contributed by atoms with Crippen LogP contribution < -0.4 is 5.32 Å². The molecule has 8 nitrogen and oxygen atoms in total. The van der Waals surface area contributed by atoms with E-state index in [1.807, 2.05) is 0 Å². The van der Waals surface area contributed by atoms with E-state index >= 15 is 0 Å². The summed E-state index contributed by atoms with van der Waals surface area (Å²) in [5.41, 5.74) is 7.57. The van der Waals surface area contributed by atoms with Gasteiger partial charge in [-0.05, 0) is 24.3 Å². The molecule has 0 aliphatic rings. The van der Waals surface area contributed by atoms with Crippen LogP contribution in [0.25, 0.3) is 10.8 Å². The van der Waals surface area contributed by atoms with Crippen LogP contribution in [0.4, 0.5) is 17.5 Å². The first-order valence-electron chi connectivity index (χ1n) is 6.08. The van der Waals surface area contributed by atoms with Crippen LogP contribution >= 0.6 is 0 Å². The Bertz CT molecular complexity index is 842. The number of nitrogens with one attached hydrogen (secondary N) is 2. The lowest BCUT2D eigenvalue weighted by atomic mass is 10.2. The normalized spacial score (nSPS) is 10.7. The summed E-state index contributed by atoms with van der Waals surface area (Å²) in [7, 11) is 1.57. The van der Waals surface area contributed by atoms with Gasteiger partial charge in [0.25, 0.3) is 5.95 Å². The number of hydrogen-bond acceptors (Lipinski definition) is 7. The van der Waals surface area contributed by atoms with Crippen LogP contribution in [0.1, 0.15) is 0 Å². The number of fused-ring (bicyclic) bond motifs is 1. The highest BCUT2D eigenvalue weighted by molar-refractivity contribution is 5.95. The van der Waals surface area contributed by atoms with Crippen molar-refractivity contribution in [3.05, 3.63) is 30.5 Å². The van der Waals surface area contributed by atoms with Gasteiger partial charge >= 0.3 is 0 Å². The van der Waals surface area contributed by atoms with E-state index < -0.39 is 0 Å². The molecule has 0 aliphatic carbocycles. The molecule has 0 saturated carbocycles. The lowest BCUT2D eigenvalue weighted by molar-refractivity contribution is 0.391. The number of aromatic hydroxyl groups is 2. The zero-order valence-electron chi connectivity index (χ0n) is 11.1. The van der Waals surface area contributed by atoms with Gasteiger partial charge in [0.15, 0.2) is 0 Å². The average Bonchev–Trinajstić information content (AvgIpc) is 2.72. The third-order valence-electron chi connectivity index (χ3n) is 3.15. The van der Waals surface area contributed by atoms with E-state index in [0.29, 0.717) is 22.3 Å². The van der Waals surface area contributed by atoms with Crippen LogP contribution in [-0.2, 0) is 7.05 Å². The topological polar surface area (TPSA) is 119 Å². The second-order valence-corrected chi connectivity index (χ2v) is 4.45. The quantitative estimate of drug-likeness (QED) is 0.551. The van der Waals surface area contributed by atoms with Crippen molar-refractivity contribution in [3.8, 4) is 11.8 Å². The molecule has 1 aromatic carbocycles. The fourth-order valence-electron chi connectivity index (χ4n) is 2.08. The SMILES string of the molecule is Cn1c(O)c2ccc(Nc3ccnc(N=N)n3)cc2c1O. The molecule has 0 atom stereocenters. The molecule has 0 bridgehead atoms. The number of benzene rings is 1. The minimum atomic E-state index is -0.0179. The van der Waals surface area contributed by atoms with Crippen molar-refractivity contribution in [2.24, 2.45) is 12.2 Å². The second kappa shape index (κ2) is 4.75. The van der Waals surface area contributed by atoms with Crippen molar-refractivity contribution in [1.82, 2.24) is 14.5 Å². The van der Waals surface area contributed by atoms with Crippen LogP contribution in [0.3, 0.4) is 0 Å². The Hall–Kier alpha value is -3.16.